The molecule has 1 amide bonds. The Kier molecular flexibility index (Phi) is 6.63. The summed E-state index contributed by atoms with van der Waals surface area (Å²) in [6.45, 7) is 3.04. The normalized spacial score (nSPS) is 14.8. The molecule has 3 rings (SSSR count). The van der Waals surface area contributed by atoms with Gasteiger partial charge in [0.2, 0.25) is 0 Å². The molecule has 2 aromatic rings. The molecule has 0 saturated carbocycles. The van der Waals surface area contributed by atoms with E-state index in [2.05, 4.69) is 32.2 Å². The molecule has 6 heteroatoms. The SMILES string of the molecule is O=C(COc1ccc(F)cc1Br)Nc1cccc(CN2CCCCC2)c1. The van der Waals surface area contributed by atoms with Gasteiger partial charge in [0.15, 0.2) is 6.61 Å². The van der Waals surface area contributed by atoms with Crippen LogP contribution < -0.4 is 10.1 Å². The van der Waals surface area contributed by atoms with E-state index in [9.17, 15) is 9.18 Å². The number of piperidine rings is 1. The van der Waals surface area contributed by atoms with Crippen LogP contribution in [-0.2, 0) is 11.3 Å². The van der Waals surface area contributed by atoms with E-state index in [4.69, 9.17) is 4.74 Å². The highest BCUT2D eigenvalue weighted by molar-refractivity contribution is 9.10. The highest BCUT2D eigenvalue weighted by Crippen LogP contribution is 2.25. The van der Waals surface area contributed by atoms with Gasteiger partial charge in [-0.15, -0.1) is 0 Å². The van der Waals surface area contributed by atoms with E-state index in [1.54, 1.807) is 0 Å². The maximum absolute atomic E-state index is 13.1. The van der Waals surface area contributed by atoms with Crippen molar-refractivity contribution in [1.29, 1.82) is 0 Å². The number of amides is 1. The van der Waals surface area contributed by atoms with Crippen molar-refractivity contribution in [3.05, 3.63) is 58.3 Å². The first kappa shape index (κ1) is 18.9. The quantitative estimate of drug-likeness (QED) is 0.742. The molecule has 138 valence electrons. The van der Waals surface area contributed by atoms with Crippen molar-refractivity contribution in [3.63, 3.8) is 0 Å². The molecule has 0 spiro atoms. The lowest BCUT2D eigenvalue weighted by molar-refractivity contribution is -0.118. The lowest BCUT2D eigenvalue weighted by Gasteiger charge is -2.26. The van der Waals surface area contributed by atoms with Crippen LogP contribution in [0.5, 0.6) is 5.75 Å². The Morgan fingerprint density at radius 2 is 1.96 bits per heavy atom. The molecule has 1 fully saturated rings. The fraction of sp³-hybridized carbons (Fsp3) is 0.350. The predicted molar refractivity (Wildman–Crippen MR) is 104 cm³/mol. The Labute approximate surface area is 161 Å². The number of benzene rings is 2. The molecule has 1 saturated heterocycles. The fourth-order valence-electron chi connectivity index (χ4n) is 3.06. The number of likely N-dealkylation sites (tertiary alicyclic amines) is 1. The molecule has 0 aromatic heterocycles. The molecule has 1 heterocycles. The second-order valence-electron chi connectivity index (χ2n) is 6.45. The first-order chi connectivity index (χ1) is 12.6. The van der Waals surface area contributed by atoms with Gasteiger partial charge in [0, 0.05) is 12.2 Å². The monoisotopic (exact) mass is 420 g/mol. The number of hydrogen-bond donors (Lipinski definition) is 1. The zero-order valence-electron chi connectivity index (χ0n) is 14.5. The Bertz CT molecular complexity index is 763. The lowest BCUT2D eigenvalue weighted by atomic mass is 10.1. The molecular formula is C20H22BrFN2O2. The Hall–Kier alpha value is -1.92. The minimum Gasteiger partial charge on any atom is -0.483 e. The molecule has 0 radical (unpaired) electrons. The summed E-state index contributed by atoms with van der Waals surface area (Å²) in [5.41, 5.74) is 1.94. The number of carbonyl (C=O) groups is 1. The van der Waals surface area contributed by atoms with Crippen LogP contribution in [0.15, 0.2) is 46.9 Å². The van der Waals surface area contributed by atoms with Crippen LogP contribution >= 0.6 is 15.9 Å². The second kappa shape index (κ2) is 9.14. The van der Waals surface area contributed by atoms with E-state index >= 15 is 0 Å². The number of hydrogen-bond acceptors (Lipinski definition) is 3. The number of ether oxygens (including phenoxy) is 1. The van der Waals surface area contributed by atoms with Crippen LogP contribution in [0, 0.1) is 5.82 Å². The summed E-state index contributed by atoms with van der Waals surface area (Å²) in [5, 5.41) is 2.85. The van der Waals surface area contributed by atoms with Crippen LogP contribution in [0.25, 0.3) is 0 Å². The third-order valence-electron chi connectivity index (χ3n) is 4.32. The molecule has 0 aliphatic carbocycles. The zero-order chi connectivity index (χ0) is 18.4. The zero-order valence-corrected chi connectivity index (χ0v) is 16.1. The van der Waals surface area contributed by atoms with Gasteiger partial charge in [0.25, 0.3) is 5.91 Å². The van der Waals surface area contributed by atoms with Gasteiger partial charge in [-0.2, -0.15) is 0 Å². The molecule has 1 aliphatic rings. The maximum atomic E-state index is 13.1. The minimum atomic E-state index is -0.362. The van der Waals surface area contributed by atoms with Gasteiger partial charge in [-0.1, -0.05) is 18.6 Å². The van der Waals surface area contributed by atoms with E-state index < -0.39 is 0 Å². The standard InChI is InChI=1S/C20H22BrFN2O2/c21-18-12-16(22)7-8-19(18)26-14-20(25)23-17-6-4-5-15(11-17)13-24-9-2-1-3-10-24/h4-8,11-12H,1-3,9-10,13-14H2,(H,23,25). The van der Waals surface area contributed by atoms with Crippen molar-refractivity contribution in [3.8, 4) is 5.75 Å². The number of carbonyl (C=O) groups excluding carboxylic acids is 1. The number of nitrogens with zero attached hydrogens (tertiary/aromatic N) is 1. The third kappa shape index (κ3) is 5.54. The van der Waals surface area contributed by atoms with Crippen molar-refractivity contribution in [2.24, 2.45) is 0 Å². The molecule has 1 N–H and O–H groups in total. The van der Waals surface area contributed by atoms with Crippen molar-refractivity contribution in [2.75, 3.05) is 25.0 Å². The van der Waals surface area contributed by atoms with Crippen LogP contribution in [0.1, 0.15) is 24.8 Å². The molecule has 0 unspecified atom stereocenters. The lowest BCUT2D eigenvalue weighted by Crippen LogP contribution is -2.29. The number of halogens is 2. The highest BCUT2D eigenvalue weighted by atomic mass is 79.9. The van der Waals surface area contributed by atoms with E-state index in [0.29, 0.717) is 10.2 Å². The summed E-state index contributed by atoms with van der Waals surface area (Å²) in [6, 6.07) is 12.0. The molecule has 2 aromatic carbocycles. The van der Waals surface area contributed by atoms with E-state index in [1.807, 2.05) is 18.2 Å². The maximum Gasteiger partial charge on any atom is 0.262 e. The first-order valence-corrected chi connectivity index (χ1v) is 9.58. The van der Waals surface area contributed by atoms with Gasteiger partial charge in [-0.05, 0) is 77.8 Å². The summed E-state index contributed by atoms with van der Waals surface area (Å²) in [6.07, 6.45) is 3.83. The number of anilines is 1. The Morgan fingerprint density at radius 1 is 1.15 bits per heavy atom. The highest BCUT2D eigenvalue weighted by Gasteiger charge is 2.11. The van der Waals surface area contributed by atoms with E-state index in [0.717, 1.165) is 25.3 Å². The molecule has 1 aliphatic heterocycles. The molecule has 0 atom stereocenters. The molecule has 26 heavy (non-hydrogen) atoms. The van der Waals surface area contributed by atoms with Crippen molar-refractivity contribution < 1.29 is 13.9 Å². The summed E-state index contributed by atoms with van der Waals surface area (Å²) in [7, 11) is 0. The summed E-state index contributed by atoms with van der Waals surface area (Å²) >= 11 is 3.22. The van der Waals surface area contributed by atoms with Crippen LogP contribution in [0.3, 0.4) is 0 Å². The van der Waals surface area contributed by atoms with Crippen molar-refractivity contribution in [1.82, 2.24) is 4.90 Å². The second-order valence-corrected chi connectivity index (χ2v) is 7.30. The third-order valence-corrected chi connectivity index (χ3v) is 4.94. The molecule has 0 bridgehead atoms. The topological polar surface area (TPSA) is 41.6 Å². The van der Waals surface area contributed by atoms with E-state index in [1.165, 1.54) is 43.0 Å². The van der Waals surface area contributed by atoms with Crippen LogP contribution in [0.2, 0.25) is 0 Å². The van der Waals surface area contributed by atoms with E-state index in [-0.39, 0.29) is 18.3 Å². The molecular weight excluding hydrogens is 399 g/mol. The predicted octanol–water partition coefficient (Wildman–Crippen LogP) is 4.59. The van der Waals surface area contributed by atoms with Gasteiger partial charge >= 0.3 is 0 Å². The fourth-order valence-corrected chi connectivity index (χ4v) is 3.52. The van der Waals surface area contributed by atoms with Gasteiger partial charge in [0.1, 0.15) is 11.6 Å². The van der Waals surface area contributed by atoms with Crippen LogP contribution in [0.4, 0.5) is 10.1 Å². The van der Waals surface area contributed by atoms with Crippen LogP contribution in [-0.4, -0.2) is 30.5 Å². The largest absolute Gasteiger partial charge is 0.483 e. The minimum absolute atomic E-state index is 0.138. The van der Waals surface area contributed by atoms with Gasteiger partial charge in [-0.3, -0.25) is 9.69 Å². The van der Waals surface area contributed by atoms with Crippen molar-refractivity contribution >= 4 is 27.5 Å². The van der Waals surface area contributed by atoms with Gasteiger partial charge < -0.3 is 10.1 Å². The smallest absolute Gasteiger partial charge is 0.262 e. The van der Waals surface area contributed by atoms with Crippen molar-refractivity contribution in [2.45, 2.75) is 25.8 Å². The van der Waals surface area contributed by atoms with Gasteiger partial charge in [0.05, 0.1) is 4.47 Å². The summed E-state index contributed by atoms with van der Waals surface area (Å²) in [5.74, 6) is -0.184. The summed E-state index contributed by atoms with van der Waals surface area (Å²) in [4.78, 5) is 14.6. The first-order valence-electron chi connectivity index (χ1n) is 8.79. The number of rotatable bonds is 6. The Morgan fingerprint density at radius 3 is 2.73 bits per heavy atom. The number of nitrogens with one attached hydrogen (secondary N) is 1. The molecule has 4 nitrogen and oxygen atoms in total. The average Bonchev–Trinajstić information content (AvgIpc) is 2.62. The van der Waals surface area contributed by atoms with Gasteiger partial charge in [-0.25, -0.2) is 4.39 Å². The average molecular weight is 421 g/mol. The Balaban J connectivity index is 1.52. The summed E-state index contributed by atoms with van der Waals surface area (Å²) < 4.78 is 19.0.